The number of nitrogens with two attached hydrogens (primary N) is 2. The summed E-state index contributed by atoms with van der Waals surface area (Å²) in [5.41, 5.74) is 10.7. The quantitative estimate of drug-likeness (QED) is 0.394. The first-order chi connectivity index (χ1) is 8.45. The van der Waals surface area contributed by atoms with Gasteiger partial charge in [-0.15, -0.1) is 0 Å². The van der Waals surface area contributed by atoms with Gasteiger partial charge in [0.1, 0.15) is 12.1 Å². The van der Waals surface area contributed by atoms with Gasteiger partial charge in [-0.1, -0.05) is 0 Å². The highest BCUT2D eigenvalue weighted by Crippen LogP contribution is 2.10. The van der Waals surface area contributed by atoms with E-state index in [0.29, 0.717) is 12.8 Å². The number of hydrogen-bond donors (Lipinski definition) is 4. The van der Waals surface area contributed by atoms with Crippen molar-refractivity contribution in [1.82, 2.24) is 0 Å². The summed E-state index contributed by atoms with van der Waals surface area (Å²) in [7, 11) is 0. The third-order valence-electron chi connectivity index (χ3n) is 2.15. The van der Waals surface area contributed by atoms with Gasteiger partial charge in [-0.3, -0.25) is 9.59 Å². The molecule has 0 amide bonds. The van der Waals surface area contributed by atoms with Gasteiger partial charge >= 0.3 is 11.9 Å². The molecule has 0 aliphatic carbocycles. The molecule has 8 heteroatoms. The molecular weight excluding hydrogens is 276 g/mol. The zero-order valence-electron chi connectivity index (χ0n) is 10.1. The highest BCUT2D eigenvalue weighted by Gasteiger charge is 2.11. The topological polar surface area (TPSA) is 127 Å². The Balaban J connectivity index is 3.26. The van der Waals surface area contributed by atoms with Crippen LogP contribution in [0.4, 0.5) is 0 Å². The minimum absolute atomic E-state index is 0.467. The van der Waals surface area contributed by atoms with Crippen molar-refractivity contribution in [1.29, 1.82) is 0 Å². The molecule has 0 radical (unpaired) electrons. The third-order valence-corrected chi connectivity index (χ3v) is 4.45. The fourth-order valence-corrected chi connectivity index (χ4v) is 3.18. The van der Waals surface area contributed by atoms with Gasteiger partial charge in [0.15, 0.2) is 0 Å². The maximum atomic E-state index is 10.4. The second kappa shape index (κ2) is 10.5. The van der Waals surface area contributed by atoms with Crippen molar-refractivity contribution in [2.75, 3.05) is 23.0 Å². The molecule has 0 aromatic heterocycles. The van der Waals surface area contributed by atoms with Gasteiger partial charge in [0, 0.05) is 11.5 Å². The molecule has 0 spiro atoms. The van der Waals surface area contributed by atoms with Crippen molar-refractivity contribution in [3.05, 3.63) is 0 Å². The summed E-state index contributed by atoms with van der Waals surface area (Å²) in [5, 5.41) is 17.1. The standard InChI is InChI=1S/C10H20N2O4S2/c11-7(9(13)14)1-3-17-5-6-18-4-2-8(12)10(15)16/h7-8H,1-6,11-12H2,(H,13,14)(H,15,16)/t7-,8-/m1/s1. The molecule has 106 valence electrons. The average Bonchev–Trinajstić information content (AvgIpc) is 2.31. The van der Waals surface area contributed by atoms with E-state index in [9.17, 15) is 9.59 Å². The van der Waals surface area contributed by atoms with E-state index in [0.717, 1.165) is 23.0 Å². The van der Waals surface area contributed by atoms with E-state index < -0.39 is 24.0 Å². The van der Waals surface area contributed by atoms with Crippen LogP contribution in [0, 0.1) is 0 Å². The van der Waals surface area contributed by atoms with E-state index >= 15 is 0 Å². The molecule has 0 aromatic rings. The van der Waals surface area contributed by atoms with Crippen LogP contribution >= 0.6 is 23.5 Å². The summed E-state index contributed by atoms with van der Waals surface area (Å²) in [6, 6.07) is -1.56. The molecule has 0 fully saturated rings. The molecular formula is C10H20N2O4S2. The molecule has 6 nitrogen and oxygen atoms in total. The van der Waals surface area contributed by atoms with Crippen LogP contribution in [0.15, 0.2) is 0 Å². The number of hydrogen-bond acceptors (Lipinski definition) is 6. The van der Waals surface area contributed by atoms with Gasteiger partial charge in [0.05, 0.1) is 0 Å². The minimum atomic E-state index is -0.965. The van der Waals surface area contributed by atoms with E-state index in [1.54, 1.807) is 23.5 Å². The first-order valence-corrected chi connectivity index (χ1v) is 7.88. The summed E-state index contributed by atoms with van der Waals surface area (Å²) < 4.78 is 0. The lowest BCUT2D eigenvalue weighted by molar-refractivity contribution is -0.139. The maximum absolute atomic E-state index is 10.4. The molecule has 0 saturated carbocycles. The van der Waals surface area contributed by atoms with Crippen LogP contribution in [0.2, 0.25) is 0 Å². The molecule has 0 unspecified atom stereocenters. The smallest absolute Gasteiger partial charge is 0.320 e. The van der Waals surface area contributed by atoms with Crippen LogP contribution < -0.4 is 11.5 Å². The predicted molar refractivity (Wildman–Crippen MR) is 75.1 cm³/mol. The Hall–Kier alpha value is -0.440. The minimum Gasteiger partial charge on any atom is -0.480 e. The van der Waals surface area contributed by atoms with E-state index in [1.807, 2.05) is 0 Å². The Morgan fingerprint density at radius 2 is 1.17 bits per heavy atom. The Morgan fingerprint density at radius 3 is 1.44 bits per heavy atom. The first-order valence-electron chi connectivity index (χ1n) is 5.57. The normalized spacial score (nSPS) is 14.1. The maximum Gasteiger partial charge on any atom is 0.320 e. The Morgan fingerprint density at radius 1 is 0.833 bits per heavy atom. The van der Waals surface area contributed by atoms with Crippen molar-refractivity contribution in [3.8, 4) is 0 Å². The highest BCUT2D eigenvalue weighted by atomic mass is 32.2. The summed E-state index contributed by atoms with van der Waals surface area (Å²) in [4.78, 5) is 20.9. The fourth-order valence-electron chi connectivity index (χ4n) is 0.990. The van der Waals surface area contributed by atoms with Gasteiger partial charge in [-0.2, -0.15) is 23.5 Å². The van der Waals surface area contributed by atoms with E-state index in [1.165, 1.54) is 0 Å². The summed E-state index contributed by atoms with van der Waals surface area (Å²) in [6.45, 7) is 0. The van der Waals surface area contributed by atoms with Crippen molar-refractivity contribution >= 4 is 35.5 Å². The number of carbonyl (C=O) groups is 2. The van der Waals surface area contributed by atoms with Gasteiger partial charge in [0.25, 0.3) is 0 Å². The zero-order valence-corrected chi connectivity index (χ0v) is 11.7. The van der Waals surface area contributed by atoms with Gasteiger partial charge in [-0.25, -0.2) is 0 Å². The molecule has 2 atom stereocenters. The lowest BCUT2D eigenvalue weighted by Gasteiger charge is -2.07. The molecule has 0 aliphatic heterocycles. The van der Waals surface area contributed by atoms with Gasteiger partial charge in [0.2, 0.25) is 0 Å². The number of thioether (sulfide) groups is 2. The largest absolute Gasteiger partial charge is 0.480 e. The van der Waals surface area contributed by atoms with Crippen molar-refractivity contribution in [3.63, 3.8) is 0 Å². The molecule has 0 aromatic carbocycles. The molecule has 0 rings (SSSR count). The average molecular weight is 296 g/mol. The molecule has 0 heterocycles. The van der Waals surface area contributed by atoms with Crippen LogP contribution in [0.3, 0.4) is 0 Å². The van der Waals surface area contributed by atoms with Crippen LogP contribution in [0.5, 0.6) is 0 Å². The van der Waals surface area contributed by atoms with Crippen LogP contribution in [0.25, 0.3) is 0 Å². The summed E-state index contributed by atoms with van der Waals surface area (Å²) >= 11 is 3.30. The van der Waals surface area contributed by atoms with Crippen molar-refractivity contribution in [2.45, 2.75) is 24.9 Å². The monoisotopic (exact) mass is 296 g/mol. The van der Waals surface area contributed by atoms with E-state index in [4.69, 9.17) is 21.7 Å². The Kier molecular flexibility index (Phi) is 10.2. The van der Waals surface area contributed by atoms with E-state index in [2.05, 4.69) is 0 Å². The van der Waals surface area contributed by atoms with Crippen LogP contribution in [-0.4, -0.2) is 57.2 Å². The number of rotatable bonds is 11. The second-order valence-corrected chi connectivity index (χ2v) is 6.14. The van der Waals surface area contributed by atoms with Crippen LogP contribution in [-0.2, 0) is 9.59 Å². The molecule has 0 aliphatic rings. The Bertz CT molecular complexity index is 240. The molecule has 0 saturated heterocycles. The molecule has 6 N–H and O–H groups in total. The summed E-state index contributed by atoms with van der Waals surface area (Å²) in [5.74, 6) is 1.32. The second-order valence-electron chi connectivity index (χ2n) is 3.69. The molecule has 18 heavy (non-hydrogen) atoms. The Labute approximate surface area is 115 Å². The van der Waals surface area contributed by atoms with Gasteiger partial charge in [-0.05, 0) is 24.3 Å². The number of carboxylic acids is 2. The first kappa shape index (κ1) is 17.6. The SMILES string of the molecule is N[C@H](CCSCCSCC[C@@H](N)C(=O)O)C(=O)O. The molecule has 0 bridgehead atoms. The van der Waals surface area contributed by atoms with Crippen molar-refractivity contribution in [2.24, 2.45) is 11.5 Å². The lowest BCUT2D eigenvalue weighted by Crippen LogP contribution is -2.30. The van der Waals surface area contributed by atoms with Crippen molar-refractivity contribution < 1.29 is 19.8 Å². The summed E-state index contributed by atoms with van der Waals surface area (Å²) in [6.07, 6.45) is 0.934. The lowest BCUT2D eigenvalue weighted by atomic mass is 10.2. The van der Waals surface area contributed by atoms with E-state index in [-0.39, 0.29) is 0 Å². The van der Waals surface area contributed by atoms with Gasteiger partial charge < -0.3 is 21.7 Å². The van der Waals surface area contributed by atoms with Crippen LogP contribution in [0.1, 0.15) is 12.8 Å². The zero-order chi connectivity index (χ0) is 14.0. The fraction of sp³-hybridized carbons (Fsp3) is 0.800. The highest BCUT2D eigenvalue weighted by molar-refractivity contribution is 8.02. The number of aliphatic carboxylic acids is 2. The predicted octanol–water partition coefficient (Wildman–Crippen LogP) is 0.0568. The third kappa shape index (κ3) is 9.58. The number of carboxylic acid groups (broad SMARTS) is 2.